The van der Waals surface area contributed by atoms with E-state index >= 15 is 0 Å². The van der Waals surface area contributed by atoms with Gasteiger partial charge in [0.15, 0.2) is 0 Å². The highest BCUT2D eigenvalue weighted by molar-refractivity contribution is 5.30. The summed E-state index contributed by atoms with van der Waals surface area (Å²) in [6, 6.07) is 36.6. The molecule has 0 unspecified atom stereocenters. The maximum absolute atomic E-state index is 10.6. The van der Waals surface area contributed by atoms with Gasteiger partial charge in [0.2, 0.25) is 0 Å². The first-order valence-electron chi connectivity index (χ1n) is 12.6. The molecule has 36 heavy (non-hydrogen) atoms. The van der Waals surface area contributed by atoms with Gasteiger partial charge in [-0.1, -0.05) is 84.9 Å². The Hall–Kier alpha value is -3.60. The summed E-state index contributed by atoms with van der Waals surface area (Å²) in [4.78, 5) is 0. The maximum atomic E-state index is 10.6. The summed E-state index contributed by atoms with van der Waals surface area (Å²) >= 11 is 0. The summed E-state index contributed by atoms with van der Waals surface area (Å²) in [5.74, 6) is 1.68. The van der Waals surface area contributed by atoms with Crippen LogP contribution in [0, 0.1) is 0 Å². The molecule has 0 bridgehead atoms. The Morgan fingerprint density at radius 2 is 1.14 bits per heavy atom. The molecule has 0 saturated heterocycles. The van der Waals surface area contributed by atoms with Crippen LogP contribution in [0.4, 0.5) is 0 Å². The lowest BCUT2D eigenvalue weighted by Gasteiger charge is -2.18. The predicted molar refractivity (Wildman–Crippen MR) is 145 cm³/mol. The monoisotopic (exact) mass is 481 g/mol. The zero-order valence-corrected chi connectivity index (χ0v) is 20.8. The standard InChI is InChI=1S/C32H35NO3/c1-25(12-13-26-14-18-30(19-15-26)35-23-27-8-4-2-5-9-27)33-22-32(34)29-16-20-31(21-17-29)36-24-28-10-6-3-7-11-28/h2-11,14-21,25,32-34H,12-13,22-24H2,1H3/t25-,32+/m1/s1. The first kappa shape index (κ1) is 25.5. The van der Waals surface area contributed by atoms with E-state index in [1.165, 1.54) is 5.56 Å². The Balaban J connectivity index is 1.14. The molecule has 0 aliphatic rings. The van der Waals surface area contributed by atoms with Crippen molar-refractivity contribution in [1.29, 1.82) is 0 Å². The number of nitrogens with one attached hydrogen (secondary N) is 1. The third-order valence-corrected chi connectivity index (χ3v) is 6.21. The molecule has 186 valence electrons. The minimum Gasteiger partial charge on any atom is -0.489 e. The summed E-state index contributed by atoms with van der Waals surface area (Å²) in [5, 5.41) is 14.1. The van der Waals surface area contributed by atoms with Gasteiger partial charge in [-0.05, 0) is 66.3 Å². The van der Waals surface area contributed by atoms with Crippen LogP contribution in [-0.2, 0) is 19.6 Å². The van der Waals surface area contributed by atoms with E-state index in [9.17, 15) is 5.11 Å². The van der Waals surface area contributed by atoms with Crippen molar-refractivity contribution in [1.82, 2.24) is 5.32 Å². The Labute approximate surface area is 214 Å². The minimum atomic E-state index is -0.559. The maximum Gasteiger partial charge on any atom is 0.119 e. The molecule has 0 aromatic heterocycles. The minimum absolute atomic E-state index is 0.294. The molecule has 0 radical (unpaired) electrons. The SMILES string of the molecule is C[C@H](CCc1ccc(OCc2ccccc2)cc1)NC[C@H](O)c1ccc(OCc2ccccc2)cc1. The average molecular weight is 482 g/mol. The smallest absolute Gasteiger partial charge is 0.119 e. The highest BCUT2D eigenvalue weighted by Gasteiger charge is 2.10. The molecule has 0 fully saturated rings. The normalized spacial score (nSPS) is 12.6. The van der Waals surface area contributed by atoms with E-state index < -0.39 is 6.10 Å². The van der Waals surface area contributed by atoms with Crippen LogP contribution in [0.2, 0.25) is 0 Å². The van der Waals surface area contributed by atoms with Crippen molar-refractivity contribution in [3.8, 4) is 11.5 Å². The van der Waals surface area contributed by atoms with Gasteiger partial charge in [-0.3, -0.25) is 0 Å². The van der Waals surface area contributed by atoms with E-state index in [2.05, 4.69) is 36.5 Å². The zero-order valence-electron chi connectivity index (χ0n) is 20.8. The second kappa shape index (κ2) is 13.5. The number of rotatable bonds is 13. The predicted octanol–water partition coefficient (Wildman–Crippen LogP) is 6.49. The zero-order chi connectivity index (χ0) is 25.0. The van der Waals surface area contributed by atoms with Crippen LogP contribution >= 0.6 is 0 Å². The summed E-state index contributed by atoms with van der Waals surface area (Å²) < 4.78 is 11.7. The molecule has 0 aliphatic heterocycles. The molecule has 4 nitrogen and oxygen atoms in total. The molecule has 2 atom stereocenters. The summed E-state index contributed by atoms with van der Waals surface area (Å²) in [5.41, 5.74) is 4.46. The van der Waals surface area contributed by atoms with E-state index in [4.69, 9.17) is 9.47 Å². The Kier molecular flexibility index (Phi) is 9.54. The number of hydrogen-bond acceptors (Lipinski definition) is 4. The molecule has 0 heterocycles. The lowest BCUT2D eigenvalue weighted by Crippen LogP contribution is -2.30. The highest BCUT2D eigenvalue weighted by atomic mass is 16.5. The van der Waals surface area contributed by atoms with Gasteiger partial charge in [-0.25, -0.2) is 0 Å². The van der Waals surface area contributed by atoms with Crippen molar-refractivity contribution < 1.29 is 14.6 Å². The molecule has 0 aliphatic carbocycles. The van der Waals surface area contributed by atoms with Crippen molar-refractivity contribution in [2.45, 2.75) is 45.1 Å². The van der Waals surface area contributed by atoms with Gasteiger partial charge in [-0.2, -0.15) is 0 Å². The Morgan fingerprint density at radius 3 is 1.67 bits per heavy atom. The average Bonchev–Trinajstić information content (AvgIpc) is 2.94. The third kappa shape index (κ3) is 8.26. The summed E-state index contributed by atoms with van der Waals surface area (Å²) in [6.07, 6.45) is 1.40. The van der Waals surface area contributed by atoms with Crippen molar-refractivity contribution >= 4 is 0 Å². The number of aliphatic hydroxyl groups excluding tert-OH is 1. The first-order chi connectivity index (χ1) is 17.7. The van der Waals surface area contributed by atoms with Gasteiger partial charge in [0.1, 0.15) is 24.7 Å². The highest BCUT2D eigenvalue weighted by Crippen LogP contribution is 2.19. The fraction of sp³-hybridized carbons (Fsp3) is 0.250. The Bertz CT molecular complexity index is 1150. The summed E-state index contributed by atoms with van der Waals surface area (Å²) in [6.45, 7) is 3.78. The van der Waals surface area contributed by atoms with Crippen LogP contribution in [0.25, 0.3) is 0 Å². The van der Waals surface area contributed by atoms with Crippen molar-refractivity contribution in [2.75, 3.05) is 6.54 Å². The topological polar surface area (TPSA) is 50.7 Å². The molecule has 4 rings (SSSR count). The van der Waals surface area contributed by atoms with E-state index in [1.54, 1.807) is 0 Å². The molecule has 0 amide bonds. The molecular weight excluding hydrogens is 446 g/mol. The number of aryl methyl sites for hydroxylation is 1. The number of ether oxygens (including phenoxy) is 2. The second-order valence-electron chi connectivity index (χ2n) is 9.13. The van der Waals surface area contributed by atoms with Gasteiger partial charge in [0.05, 0.1) is 6.10 Å². The number of hydrogen-bond donors (Lipinski definition) is 2. The van der Waals surface area contributed by atoms with E-state index in [0.29, 0.717) is 25.8 Å². The van der Waals surface area contributed by atoms with Gasteiger partial charge in [0.25, 0.3) is 0 Å². The molecule has 4 aromatic rings. The van der Waals surface area contributed by atoms with Gasteiger partial charge in [0, 0.05) is 12.6 Å². The lowest BCUT2D eigenvalue weighted by molar-refractivity contribution is 0.170. The number of benzene rings is 4. The molecule has 4 aromatic carbocycles. The molecule has 0 spiro atoms. The van der Waals surface area contributed by atoms with Crippen molar-refractivity contribution in [2.24, 2.45) is 0 Å². The molecule has 0 saturated carbocycles. The van der Waals surface area contributed by atoms with Crippen LogP contribution in [0.5, 0.6) is 11.5 Å². The van der Waals surface area contributed by atoms with Crippen LogP contribution < -0.4 is 14.8 Å². The summed E-state index contributed by atoms with van der Waals surface area (Å²) in [7, 11) is 0. The first-order valence-corrected chi connectivity index (χ1v) is 12.6. The van der Waals surface area contributed by atoms with Gasteiger partial charge < -0.3 is 19.9 Å². The van der Waals surface area contributed by atoms with E-state index in [1.807, 2.05) is 84.9 Å². The van der Waals surface area contributed by atoms with Gasteiger partial charge in [-0.15, -0.1) is 0 Å². The van der Waals surface area contributed by atoms with E-state index in [0.717, 1.165) is 41.0 Å². The lowest BCUT2D eigenvalue weighted by atomic mass is 10.1. The van der Waals surface area contributed by atoms with Crippen LogP contribution in [-0.4, -0.2) is 17.7 Å². The second-order valence-corrected chi connectivity index (χ2v) is 9.13. The fourth-order valence-corrected chi connectivity index (χ4v) is 3.94. The van der Waals surface area contributed by atoms with Crippen LogP contribution in [0.15, 0.2) is 109 Å². The van der Waals surface area contributed by atoms with Crippen molar-refractivity contribution in [3.05, 3.63) is 131 Å². The fourth-order valence-electron chi connectivity index (χ4n) is 3.94. The Morgan fingerprint density at radius 1 is 0.639 bits per heavy atom. The molecule has 4 heteroatoms. The van der Waals surface area contributed by atoms with E-state index in [-0.39, 0.29) is 0 Å². The number of aliphatic hydroxyl groups is 1. The van der Waals surface area contributed by atoms with Crippen molar-refractivity contribution in [3.63, 3.8) is 0 Å². The largest absolute Gasteiger partial charge is 0.489 e. The molecular formula is C32H35NO3. The van der Waals surface area contributed by atoms with Crippen LogP contribution in [0.1, 0.15) is 41.7 Å². The third-order valence-electron chi connectivity index (χ3n) is 6.21. The van der Waals surface area contributed by atoms with Gasteiger partial charge >= 0.3 is 0 Å². The van der Waals surface area contributed by atoms with Crippen LogP contribution in [0.3, 0.4) is 0 Å². The molecule has 2 N–H and O–H groups in total. The quantitative estimate of drug-likeness (QED) is 0.229.